The number of hydrogen-bond donors (Lipinski definition) is 0. The van der Waals surface area contributed by atoms with Crippen LogP contribution in [0.5, 0.6) is 0 Å². The van der Waals surface area contributed by atoms with Gasteiger partial charge < -0.3 is 9.32 Å². The Kier molecular flexibility index (Phi) is 7.85. The molecule has 0 radical (unpaired) electrons. The van der Waals surface area contributed by atoms with Gasteiger partial charge in [-0.1, -0.05) is 170 Å². The number of fused-ring (bicyclic) bond motifs is 4. The Morgan fingerprint density at radius 1 is 0.296 bits per heavy atom. The van der Waals surface area contributed by atoms with E-state index in [4.69, 9.17) is 4.42 Å². The summed E-state index contributed by atoms with van der Waals surface area (Å²) in [5.74, 6) is 0. The second-order valence-electron chi connectivity index (χ2n) is 13.7. The van der Waals surface area contributed by atoms with Crippen molar-refractivity contribution in [2.45, 2.75) is 0 Å². The van der Waals surface area contributed by atoms with E-state index in [-0.39, 0.29) is 0 Å². The molecule has 1 heterocycles. The second kappa shape index (κ2) is 13.4. The molecule has 0 bridgehead atoms. The summed E-state index contributed by atoms with van der Waals surface area (Å²) in [7, 11) is 0. The van der Waals surface area contributed by atoms with Crippen molar-refractivity contribution in [1.29, 1.82) is 0 Å². The van der Waals surface area contributed by atoms with Crippen molar-refractivity contribution in [2.75, 3.05) is 4.90 Å². The van der Waals surface area contributed by atoms with Crippen LogP contribution < -0.4 is 4.90 Å². The van der Waals surface area contributed by atoms with Crippen molar-refractivity contribution in [1.82, 2.24) is 0 Å². The summed E-state index contributed by atoms with van der Waals surface area (Å²) in [6.07, 6.45) is 0. The number of anilines is 3. The Labute approximate surface area is 314 Å². The van der Waals surface area contributed by atoms with Gasteiger partial charge in [0.25, 0.3) is 0 Å². The van der Waals surface area contributed by atoms with Gasteiger partial charge >= 0.3 is 0 Å². The highest BCUT2D eigenvalue weighted by molar-refractivity contribution is 6.06. The fraction of sp³-hybridized carbons (Fsp3) is 0. The second-order valence-corrected chi connectivity index (χ2v) is 13.7. The SMILES string of the molecule is c1ccc(-c2ccccc2N(c2ccc(-c3ccc4c(c3)oc3ccccc34)cc2)c2cc(-c3cccc4ccccc34)ccc2-c2ccccc2)cc1. The Hall–Kier alpha value is -7.16. The molecule has 0 aliphatic carbocycles. The van der Waals surface area contributed by atoms with E-state index in [0.717, 1.165) is 66.8 Å². The zero-order chi connectivity index (χ0) is 35.8. The topological polar surface area (TPSA) is 16.4 Å². The summed E-state index contributed by atoms with van der Waals surface area (Å²) in [5.41, 5.74) is 14.3. The first-order chi connectivity index (χ1) is 26.8. The molecule has 0 saturated carbocycles. The van der Waals surface area contributed by atoms with Crippen molar-refractivity contribution in [3.63, 3.8) is 0 Å². The maximum absolute atomic E-state index is 6.27. The van der Waals surface area contributed by atoms with Gasteiger partial charge in [-0.15, -0.1) is 0 Å². The Balaban J connectivity index is 1.18. The van der Waals surface area contributed by atoms with Crippen LogP contribution in [0.3, 0.4) is 0 Å². The van der Waals surface area contributed by atoms with Crippen LogP contribution in [0.1, 0.15) is 0 Å². The van der Waals surface area contributed by atoms with Gasteiger partial charge in [0, 0.05) is 27.6 Å². The molecule has 1 aromatic heterocycles. The number of nitrogens with zero attached hydrogens (tertiary/aromatic N) is 1. The lowest BCUT2D eigenvalue weighted by Crippen LogP contribution is -2.12. The maximum atomic E-state index is 6.27. The molecule has 54 heavy (non-hydrogen) atoms. The van der Waals surface area contributed by atoms with E-state index >= 15 is 0 Å². The molecule has 0 amide bonds. The van der Waals surface area contributed by atoms with Crippen molar-refractivity contribution >= 4 is 49.8 Å². The fourth-order valence-corrected chi connectivity index (χ4v) is 7.87. The highest BCUT2D eigenvalue weighted by atomic mass is 16.3. The normalized spacial score (nSPS) is 11.3. The van der Waals surface area contributed by atoms with Gasteiger partial charge in [-0.25, -0.2) is 0 Å². The largest absolute Gasteiger partial charge is 0.456 e. The van der Waals surface area contributed by atoms with E-state index in [2.05, 4.69) is 205 Å². The molecule has 0 spiro atoms. The first-order valence-corrected chi connectivity index (χ1v) is 18.4. The van der Waals surface area contributed by atoms with Crippen molar-refractivity contribution in [3.8, 4) is 44.5 Å². The minimum atomic E-state index is 0.897. The number of hydrogen-bond acceptors (Lipinski definition) is 2. The van der Waals surface area contributed by atoms with Crippen LogP contribution in [0.15, 0.2) is 217 Å². The standard InChI is InChI=1S/C52H35NO/c1-3-14-38(15-4-1)45-21-9-11-24-49(45)53(42-30-26-36(27-31-42)40-28-33-48-47-22-10-12-25-51(47)54-52(48)35-40)50-34-41(29-32-46(50)39-16-5-2-6-17-39)44-23-13-19-37-18-7-8-20-43(37)44/h1-35H. The van der Waals surface area contributed by atoms with Crippen LogP contribution in [0.4, 0.5) is 17.1 Å². The average molecular weight is 690 g/mol. The van der Waals surface area contributed by atoms with Gasteiger partial charge in [0.2, 0.25) is 0 Å². The molecule has 0 aliphatic rings. The van der Waals surface area contributed by atoms with Crippen molar-refractivity contribution in [2.24, 2.45) is 0 Å². The first kappa shape index (κ1) is 31.6. The van der Waals surface area contributed by atoms with Crippen molar-refractivity contribution < 1.29 is 4.42 Å². The van der Waals surface area contributed by atoms with Crippen LogP contribution >= 0.6 is 0 Å². The molecule has 0 aliphatic heterocycles. The van der Waals surface area contributed by atoms with Gasteiger partial charge in [0.05, 0.1) is 11.4 Å². The third-order valence-corrected chi connectivity index (χ3v) is 10.5. The predicted molar refractivity (Wildman–Crippen MR) is 228 cm³/mol. The number of furan rings is 1. The number of para-hydroxylation sites is 2. The van der Waals surface area contributed by atoms with E-state index in [1.54, 1.807) is 0 Å². The molecule has 9 aromatic carbocycles. The Morgan fingerprint density at radius 3 is 1.67 bits per heavy atom. The number of rotatable bonds is 7. The summed E-state index contributed by atoms with van der Waals surface area (Å²) in [6, 6.07) is 76.0. The summed E-state index contributed by atoms with van der Waals surface area (Å²) >= 11 is 0. The minimum absolute atomic E-state index is 0.897. The molecular weight excluding hydrogens is 655 g/mol. The smallest absolute Gasteiger partial charge is 0.136 e. The van der Waals surface area contributed by atoms with Gasteiger partial charge in [0.1, 0.15) is 11.2 Å². The molecule has 0 saturated heterocycles. The van der Waals surface area contributed by atoms with Gasteiger partial charge in [-0.05, 0) is 86.6 Å². The lowest BCUT2D eigenvalue weighted by atomic mass is 9.93. The summed E-state index contributed by atoms with van der Waals surface area (Å²) in [4.78, 5) is 2.44. The van der Waals surface area contributed by atoms with E-state index in [1.807, 2.05) is 12.1 Å². The molecule has 10 aromatic rings. The Bertz CT molecular complexity index is 2920. The molecule has 0 N–H and O–H groups in total. The van der Waals surface area contributed by atoms with Crippen molar-refractivity contribution in [3.05, 3.63) is 212 Å². The van der Waals surface area contributed by atoms with Gasteiger partial charge in [0.15, 0.2) is 0 Å². The van der Waals surface area contributed by atoms with Crippen LogP contribution in [-0.4, -0.2) is 0 Å². The molecule has 0 fully saturated rings. The minimum Gasteiger partial charge on any atom is -0.456 e. The molecule has 0 unspecified atom stereocenters. The zero-order valence-corrected chi connectivity index (χ0v) is 29.6. The monoisotopic (exact) mass is 689 g/mol. The zero-order valence-electron chi connectivity index (χ0n) is 29.6. The molecule has 0 atom stereocenters. The van der Waals surface area contributed by atoms with Crippen LogP contribution in [-0.2, 0) is 0 Å². The molecule has 2 heteroatoms. The lowest BCUT2D eigenvalue weighted by molar-refractivity contribution is 0.669. The molecule has 254 valence electrons. The Morgan fingerprint density at radius 2 is 0.870 bits per heavy atom. The third-order valence-electron chi connectivity index (χ3n) is 10.5. The first-order valence-electron chi connectivity index (χ1n) is 18.4. The van der Waals surface area contributed by atoms with Gasteiger partial charge in [-0.3, -0.25) is 0 Å². The third kappa shape index (κ3) is 5.62. The molecular formula is C52H35NO. The van der Waals surface area contributed by atoms with Crippen LogP contribution in [0.2, 0.25) is 0 Å². The average Bonchev–Trinajstić information content (AvgIpc) is 3.63. The maximum Gasteiger partial charge on any atom is 0.136 e. The molecule has 2 nitrogen and oxygen atoms in total. The van der Waals surface area contributed by atoms with E-state index < -0.39 is 0 Å². The summed E-state index contributed by atoms with van der Waals surface area (Å²) in [5, 5.41) is 4.74. The highest BCUT2D eigenvalue weighted by Crippen LogP contribution is 2.47. The number of benzene rings is 9. The van der Waals surface area contributed by atoms with E-state index in [1.165, 1.54) is 27.5 Å². The lowest BCUT2D eigenvalue weighted by Gasteiger charge is -2.30. The quantitative estimate of drug-likeness (QED) is 0.166. The molecule has 10 rings (SSSR count). The van der Waals surface area contributed by atoms with Crippen LogP contribution in [0.25, 0.3) is 77.2 Å². The fourth-order valence-electron chi connectivity index (χ4n) is 7.87. The summed E-state index contributed by atoms with van der Waals surface area (Å²) in [6.45, 7) is 0. The van der Waals surface area contributed by atoms with E-state index in [9.17, 15) is 0 Å². The highest BCUT2D eigenvalue weighted by Gasteiger charge is 2.22. The predicted octanol–water partition coefficient (Wildman–Crippen LogP) is 14.9. The van der Waals surface area contributed by atoms with E-state index in [0.29, 0.717) is 0 Å². The van der Waals surface area contributed by atoms with Crippen LogP contribution in [0, 0.1) is 0 Å². The van der Waals surface area contributed by atoms with Gasteiger partial charge in [-0.2, -0.15) is 0 Å². The summed E-state index contributed by atoms with van der Waals surface area (Å²) < 4.78 is 6.27.